The Bertz CT molecular complexity index is 293. The van der Waals surface area contributed by atoms with Gasteiger partial charge in [0.15, 0.2) is 0 Å². The van der Waals surface area contributed by atoms with Crippen LogP contribution in [0.5, 0.6) is 0 Å². The van der Waals surface area contributed by atoms with Gasteiger partial charge in [-0.3, -0.25) is 0 Å². The lowest BCUT2D eigenvalue weighted by Crippen LogP contribution is -2.41. The normalized spacial score (nSPS) is 32.3. The molecule has 0 atom stereocenters. The summed E-state index contributed by atoms with van der Waals surface area (Å²) in [7, 11) is 0. The molecule has 1 aliphatic carbocycles. The van der Waals surface area contributed by atoms with E-state index in [0.717, 1.165) is 31.6 Å². The van der Waals surface area contributed by atoms with Crippen LogP contribution in [0.3, 0.4) is 0 Å². The minimum atomic E-state index is 0.489. The first kappa shape index (κ1) is 17.3. The Kier molecular flexibility index (Phi) is 6.14. The van der Waals surface area contributed by atoms with Crippen molar-refractivity contribution in [2.75, 3.05) is 26.3 Å². The Hall–Kier alpha value is -0.0800. The highest BCUT2D eigenvalue weighted by atomic mass is 16.5. The Morgan fingerprint density at radius 1 is 1.05 bits per heavy atom. The minimum Gasteiger partial charge on any atom is -0.381 e. The van der Waals surface area contributed by atoms with E-state index in [1.54, 1.807) is 0 Å². The lowest BCUT2D eigenvalue weighted by Gasteiger charge is -2.46. The maximum Gasteiger partial charge on any atom is 0.0468 e. The first-order valence-corrected chi connectivity index (χ1v) is 9.24. The molecule has 1 N–H and O–H groups in total. The van der Waals surface area contributed by atoms with Crippen LogP contribution < -0.4 is 5.32 Å². The van der Waals surface area contributed by atoms with Crippen molar-refractivity contribution in [2.45, 2.75) is 72.6 Å². The summed E-state index contributed by atoms with van der Waals surface area (Å²) in [6.45, 7) is 13.8. The maximum atomic E-state index is 5.55. The standard InChI is InChI=1S/C19H37NO/c1-5-20-15-19(14-16-8-12-21-13-9-16)10-6-17(7-11-19)18(2,3)4/h16-17,20H,5-15H2,1-4H3. The summed E-state index contributed by atoms with van der Waals surface area (Å²) in [4.78, 5) is 0. The van der Waals surface area contributed by atoms with E-state index in [4.69, 9.17) is 4.74 Å². The van der Waals surface area contributed by atoms with Crippen LogP contribution in [0.4, 0.5) is 0 Å². The van der Waals surface area contributed by atoms with Crippen LogP contribution >= 0.6 is 0 Å². The average Bonchev–Trinajstić information content (AvgIpc) is 2.46. The zero-order valence-electron chi connectivity index (χ0n) is 14.8. The molecular formula is C19H37NO. The fourth-order valence-electron chi connectivity index (χ4n) is 4.50. The smallest absolute Gasteiger partial charge is 0.0468 e. The zero-order chi connectivity index (χ0) is 15.3. The van der Waals surface area contributed by atoms with E-state index in [1.165, 1.54) is 51.5 Å². The molecule has 2 rings (SSSR count). The predicted octanol–water partition coefficient (Wildman–Crippen LogP) is 4.64. The third-order valence-corrected chi connectivity index (χ3v) is 6.08. The molecule has 0 spiro atoms. The molecule has 1 heterocycles. The van der Waals surface area contributed by atoms with Crippen LogP contribution in [0.1, 0.15) is 72.6 Å². The molecule has 0 amide bonds. The molecule has 1 saturated heterocycles. The molecule has 124 valence electrons. The summed E-state index contributed by atoms with van der Waals surface area (Å²) < 4.78 is 5.55. The van der Waals surface area contributed by atoms with Gasteiger partial charge in [-0.2, -0.15) is 0 Å². The molecule has 1 aliphatic heterocycles. The predicted molar refractivity (Wildman–Crippen MR) is 90.5 cm³/mol. The van der Waals surface area contributed by atoms with Crippen molar-refractivity contribution in [2.24, 2.45) is 22.7 Å². The van der Waals surface area contributed by atoms with E-state index >= 15 is 0 Å². The highest BCUT2D eigenvalue weighted by Crippen LogP contribution is 2.48. The fourth-order valence-corrected chi connectivity index (χ4v) is 4.50. The van der Waals surface area contributed by atoms with Gasteiger partial charge in [0.2, 0.25) is 0 Å². The Morgan fingerprint density at radius 2 is 1.67 bits per heavy atom. The molecule has 0 bridgehead atoms. The van der Waals surface area contributed by atoms with E-state index in [2.05, 4.69) is 33.0 Å². The molecule has 1 saturated carbocycles. The van der Waals surface area contributed by atoms with Crippen molar-refractivity contribution in [1.82, 2.24) is 5.32 Å². The number of ether oxygens (including phenoxy) is 1. The van der Waals surface area contributed by atoms with Crippen LogP contribution in [0, 0.1) is 22.7 Å². The van der Waals surface area contributed by atoms with Crippen molar-refractivity contribution in [3.63, 3.8) is 0 Å². The van der Waals surface area contributed by atoms with Gasteiger partial charge in [-0.15, -0.1) is 0 Å². The van der Waals surface area contributed by atoms with Gasteiger partial charge < -0.3 is 10.1 Å². The number of hydrogen-bond donors (Lipinski definition) is 1. The number of rotatable bonds is 5. The van der Waals surface area contributed by atoms with Gasteiger partial charge in [0.05, 0.1) is 0 Å². The first-order valence-electron chi connectivity index (χ1n) is 9.24. The molecule has 0 unspecified atom stereocenters. The summed E-state index contributed by atoms with van der Waals surface area (Å²) in [6, 6.07) is 0. The van der Waals surface area contributed by atoms with Gasteiger partial charge >= 0.3 is 0 Å². The highest BCUT2D eigenvalue weighted by Gasteiger charge is 2.39. The SMILES string of the molecule is CCNCC1(CC2CCOCC2)CCC(C(C)(C)C)CC1. The molecule has 0 aromatic carbocycles. The van der Waals surface area contributed by atoms with Gasteiger partial charge in [-0.05, 0) is 74.2 Å². The molecule has 2 nitrogen and oxygen atoms in total. The summed E-state index contributed by atoms with van der Waals surface area (Å²) >= 11 is 0. The Morgan fingerprint density at radius 3 is 2.19 bits per heavy atom. The zero-order valence-corrected chi connectivity index (χ0v) is 14.8. The molecule has 0 aromatic rings. The van der Waals surface area contributed by atoms with E-state index in [1.807, 2.05) is 0 Å². The topological polar surface area (TPSA) is 21.3 Å². The van der Waals surface area contributed by atoms with Crippen molar-refractivity contribution < 1.29 is 4.74 Å². The molecule has 0 radical (unpaired) electrons. The minimum absolute atomic E-state index is 0.489. The average molecular weight is 296 g/mol. The van der Waals surface area contributed by atoms with Gasteiger partial charge in [-0.1, -0.05) is 27.7 Å². The van der Waals surface area contributed by atoms with Crippen molar-refractivity contribution in [1.29, 1.82) is 0 Å². The maximum absolute atomic E-state index is 5.55. The molecule has 21 heavy (non-hydrogen) atoms. The van der Waals surface area contributed by atoms with Crippen LogP contribution in [0.25, 0.3) is 0 Å². The lowest BCUT2D eigenvalue weighted by atomic mass is 9.61. The van der Waals surface area contributed by atoms with Crippen LogP contribution in [-0.4, -0.2) is 26.3 Å². The summed E-state index contributed by atoms with van der Waals surface area (Å²) in [5.74, 6) is 1.82. The van der Waals surface area contributed by atoms with Crippen molar-refractivity contribution in [3.8, 4) is 0 Å². The van der Waals surface area contributed by atoms with Gasteiger partial charge in [0, 0.05) is 19.8 Å². The van der Waals surface area contributed by atoms with Crippen molar-refractivity contribution in [3.05, 3.63) is 0 Å². The molecular weight excluding hydrogens is 258 g/mol. The summed E-state index contributed by atoms with van der Waals surface area (Å²) in [5.41, 5.74) is 1.06. The van der Waals surface area contributed by atoms with E-state index in [-0.39, 0.29) is 0 Å². The lowest BCUT2D eigenvalue weighted by molar-refractivity contribution is 0.0226. The third kappa shape index (κ3) is 4.96. The van der Waals surface area contributed by atoms with Gasteiger partial charge in [-0.25, -0.2) is 0 Å². The summed E-state index contributed by atoms with van der Waals surface area (Å²) in [6.07, 6.45) is 9.72. The second kappa shape index (κ2) is 7.46. The van der Waals surface area contributed by atoms with Crippen LogP contribution in [-0.2, 0) is 4.74 Å². The molecule has 2 heteroatoms. The number of nitrogens with one attached hydrogen (secondary N) is 1. The second-order valence-electron chi connectivity index (χ2n) is 8.68. The van der Waals surface area contributed by atoms with Crippen LogP contribution in [0.2, 0.25) is 0 Å². The Labute approximate surface area is 132 Å². The largest absolute Gasteiger partial charge is 0.381 e. The van der Waals surface area contributed by atoms with E-state index in [9.17, 15) is 0 Å². The fraction of sp³-hybridized carbons (Fsp3) is 1.00. The number of hydrogen-bond acceptors (Lipinski definition) is 2. The molecule has 0 aromatic heterocycles. The Balaban J connectivity index is 1.94. The van der Waals surface area contributed by atoms with Gasteiger partial charge in [0.25, 0.3) is 0 Å². The van der Waals surface area contributed by atoms with Crippen molar-refractivity contribution >= 4 is 0 Å². The summed E-state index contributed by atoms with van der Waals surface area (Å²) in [5, 5.41) is 3.67. The first-order chi connectivity index (χ1) is 9.95. The third-order valence-electron chi connectivity index (χ3n) is 6.08. The van der Waals surface area contributed by atoms with E-state index < -0.39 is 0 Å². The highest BCUT2D eigenvalue weighted by molar-refractivity contribution is 4.92. The monoisotopic (exact) mass is 295 g/mol. The van der Waals surface area contributed by atoms with Crippen LogP contribution in [0.15, 0.2) is 0 Å². The molecule has 2 fully saturated rings. The quantitative estimate of drug-likeness (QED) is 0.798. The van der Waals surface area contributed by atoms with E-state index in [0.29, 0.717) is 10.8 Å². The van der Waals surface area contributed by atoms with Gasteiger partial charge in [0.1, 0.15) is 0 Å². The molecule has 2 aliphatic rings. The second-order valence-corrected chi connectivity index (χ2v) is 8.68.